The van der Waals surface area contributed by atoms with Crippen LogP contribution in [0, 0.1) is 0 Å². The number of rotatable bonds is 7. The van der Waals surface area contributed by atoms with E-state index in [2.05, 4.69) is 41.8 Å². The molecule has 0 heterocycles. The van der Waals surface area contributed by atoms with Gasteiger partial charge < -0.3 is 16.4 Å². The van der Waals surface area contributed by atoms with Crippen LogP contribution in [0.4, 0.5) is 11.4 Å². The SMILES string of the molecule is CCNC(=O)c1ccc(NC(C)CCc2ccccc2)c(N)c1. The number of nitrogen functional groups attached to an aromatic ring is 1. The maximum atomic E-state index is 11.8. The van der Waals surface area contributed by atoms with Gasteiger partial charge in [-0.2, -0.15) is 0 Å². The third-order valence-electron chi connectivity index (χ3n) is 3.76. The first-order valence-corrected chi connectivity index (χ1v) is 8.08. The fourth-order valence-corrected chi connectivity index (χ4v) is 2.46. The van der Waals surface area contributed by atoms with Crippen LogP contribution in [0.25, 0.3) is 0 Å². The minimum Gasteiger partial charge on any atom is -0.397 e. The molecular formula is C19H25N3O. The Morgan fingerprint density at radius 3 is 2.57 bits per heavy atom. The second-order valence-corrected chi connectivity index (χ2v) is 5.73. The Kier molecular flexibility index (Phi) is 6.03. The van der Waals surface area contributed by atoms with Gasteiger partial charge in [-0.05, 0) is 50.5 Å². The topological polar surface area (TPSA) is 67.2 Å². The van der Waals surface area contributed by atoms with E-state index in [0.29, 0.717) is 23.8 Å². The van der Waals surface area contributed by atoms with Crippen LogP contribution >= 0.6 is 0 Å². The van der Waals surface area contributed by atoms with Crippen LogP contribution in [-0.4, -0.2) is 18.5 Å². The third-order valence-corrected chi connectivity index (χ3v) is 3.76. The highest BCUT2D eigenvalue weighted by atomic mass is 16.1. The van der Waals surface area contributed by atoms with E-state index in [9.17, 15) is 4.79 Å². The summed E-state index contributed by atoms with van der Waals surface area (Å²) in [4.78, 5) is 11.8. The van der Waals surface area contributed by atoms with Crippen LogP contribution in [-0.2, 0) is 6.42 Å². The monoisotopic (exact) mass is 311 g/mol. The molecule has 122 valence electrons. The van der Waals surface area contributed by atoms with E-state index in [0.717, 1.165) is 18.5 Å². The average Bonchev–Trinajstić information content (AvgIpc) is 2.56. The minimum absolute atomic E-state index is 0.0946. The maximum absolute atomic E-state index is 11.8. The zero-order valence-corrected chi connectivity index (χ0v) is 13.8. The van der Waals surface area contributed by atoms with Crippen molar-refractivity contribution in [3.05, 3.63) is 59.7 Å². The van der Waals surface area contributed by atoms with Gasteiger partial charge in [0.25, 0.3) is 5.91 Å². The van der Waals surface area contributed by atoms with Gasteiger partial charge in [0.1, 0.15) is 0 Å². The van der Waals surface area contributed by atoms with E-state index >= 15 is 0 Å². The van der Waals surface area contributed by atoms with E-state index in [1.165, 1.54) is 5.56 Å². The number of carbonyl (C=O) groups excluding carboxylic acids is 1. The Balaban J connectivity index is 1.93. The molecule has 1 atom stereocenters. The summed E-state index contributed by atoms with van der Waals surface area (Å²) < 4.78 is 0. The molecule has 2 rings (SSSR count). The van der Waals surface area contributed by atoms with Gasteiger partial charge in [0.2, 0.25) is 0 Å². The summed E-state index contributed by atoms with van der Waals surface area (Å²) >= 11 is 0. The van der Waals surface area contributed by atoms with Crippen LogP contribution in [0.15, 0.2) is 48.5 Å². The minimum atomic E-state index is -0.0946. The molecule has 0 bridgehead atoms. The Morgan fingerprint density at radius 2 is 1.91 bits per heavy atom. The van der Waals surface area contributed by atoms with Crippen LogP contribution in [0.3, 0.4) is 0 Å². The van der Waals surface area contributed by atoms with Gasteiger partial charge in [-0.25, -0.2) is 0 Å². The number of nitrogens with one attached hydrogen (secondary N) is 2. The molecule has 1 amide bonds. The molecule has 4 heteroatoms. The van der Waals surface area contributed by atoms with Crippen molar-refractivity contribution in [3.63, 3.8) is 0 Å². The maximum Gasteiger partial charge on any atom is 0.251 e. The molecule has 1 unspecified atom stereocenters. The second-order valence-electron chi connectivity index (χ2n) is 5.73. The van der Waals surface area contributed by atoms with E-state index in [4.69, 9.17) is 5.73 Å². The lowest BCUT2D eigenvalue weighted by molar-refractivity contribution is 0.0956. The Morgan fingerprint density at radius 1 is 1.17 bits per heavy atom. The summed E-state index contributed by atoms with van der Waals surface area (Å²) in [7, 11) is 0. The smallest absolute Gasteiger partial charge is 0.251 e. The van der Waals surface area contributed by atoms with Gasteiger partial charge in [0, 0.05) is 18.2 Å². The van der Waals surface area contributed by atoms with Crippen molar-refractivity contribution in [2.24, 2.45) is 0 Å². The predicted molar refractivity (Wildman–Crippen MR) is 96.7 cm³/mol. The molecule has 23 heavy (non-hydrogen) atoms. The van der Waals surface area contributed by atoms with Crippen LogP contribution in [0.1, 0.15) is 36.2 Å². The second kappa shape index (κ2) is 8.22. The average molecular weight is 311 g/mol. The molecule has 4 nitrogen and oxygen atoms in total. The van der Waals surface area contributed by atoms with Gasteiger partial charge in [-0.15, -0.1) is 0 Å². The van der Waals surface area contributed by atoms with Gasteiger partial charge in [0.05, 0.1) is 11.4 Å². The molecule has 2 aromatic rings. The Labute approximate surface area is 138 Å². The van der Waals surface area contributed by atoms with Crippen molar-refractivity contribution >= 4 is 17.3 Å². The fraction of sp³-hybridized carbons (Fsp3) is 0.316. The lowest BCUT2D eigenvalue weighted by atomic mass is 10.1. The largest absolute Gasteiger partial charge is 0.397 e. The number of anilines is 2. The third kappa shape index (κ3) is 5.02. The van der Waals surface area contributed by atoms with Crippen molar-refractivity contribution in [2.75, 3.05) is 17.6 Å². The number of aryl methyl sites for hydroxylation is 1. The van der Waals surface area contributed by atoms with Crippen molar-refractivity contribution < 1.29 is 4.79 Å². The lowest BCUT2D eigenvalue weighted by Crippen LogP contribution is -2.23. The highest BCUT2D eigenvalue weighted by Gasteiger charge is 2.09. The molecule has 0 saturated heterocycles. The van der Waals surface area contributed by atoms with Crippen LogP contribution in [0.2, 0.25) is 0 Å². The summed E-state index contributed by atoms with van der Waals surface area (Å²) in [5.74, 6) is -0.0946. The normalized spacial score (nSPS) is 11.7. The first-order chi connectivity index (χ1) is 11.1. The summed E-state index contributed by atoms with van der Waals surface area (Å²) in [6.45, 7) is 4.64. The zero-order valence-electron chi connectivity index (χ0n) is 13.8. The molecule has 0 aliphatic carbocycles. The summed E-state index contributed by atoms with van der Waals surface area (Å²) in [6, 6.07) is 16.1. The summed E-state index contributed by atoms with van der Waals surface area (Å²) in [5, 5.41) is 6.19. The fourth-order valence-electron chi connectivity index (χ4n) is 2.46. The standard InChI is InChI=1S/C19H25N3O/c1-3-21-19(23)16-11-12-18(17(20)13-16)22-14(2)9-10-15-7-5-4-6-8-15/h4-8,11-14,22H,3,9-10,20H2,1-2H3,(H,21,23). The molecule has 4 N–H and O–H groups in total. The van der Waals surface area contributed by atoms with Gasteiger partial charge in [-0.1, -0.05) is 30.3 Å². The molecule has 0 fully saturated rings. The van der Waals surface area contributed by atoms with E-state index < -0.39 is 0 Å². The first kappa shape index (κ1) is 16.9. The lowest BCUT2D eigenvalue weighted by Gasteiger charge is -2.17. The van der Waals surface area contributed by atoms with Crippen molar-refractivity contribution in [1.82, 2.24) is 5.32 Å². The highest BCUT2D eigenvalue weighted by Crippen LogP contribution is 2.21. The Hall–Kier alpha value is -2.49. The number of hydrogen-bond acceptors (Lipinski definition) is 3. The van der Waals surface area contributed by atoms with Gasteiger partial charge in [0.15, 0.2) is 0 Å². The van der Waals surface area contributed by atoms with Gasteiger partial charge >= 0.3 is 0 Å². The van der Waals surface area contributed by atoms with E-state index in [-0.39, 0.29) is 5.91 Å². The quantitative estimate of drug-likeness (QED) is 0.686. The number of benzene rings is 2. The number of carbonyl (C=O) groups is 1. The molecule has 0 aromatic heterocycles. The number of amides is 1. The van der Waals surface area contributed by atoms with Crippen molar-refractivity contribution in [2.45, 2.75) is 32.7 Å². The molecule has 0 spiro atoms. The highest BCUT2D eigenvalue weighted by molar-refractivity contribution is 5.96. The predicted octanol–water partition coefficient (Wildman–Crippen LogP) is 3.45. The summed E-state index contributed by atoms with van der Waals surface area (Å²) in [5.41, 5.74) is 9.46. The first-order valence-electron chi connectivity index (χ1n) is 8.08. The molecule has 0 saturated carbocycles. The zero-order chi connectivity index (χ0) is 16.7. The van der Waals surface area contributed by atoms with E-state index in [1.807, 2.05) is 19.1 Å². The van der Waals surface area contributed by atoms with Crippen molar-refractivity contribution in [1.29, 1.82) is 0 Å². The molecule has 0 aliphatic rings. The van der Waals surface area contributed by atoms with Crippen LogP contribution < -0.4 is 16.4 Å². The molecule has 0 radical (unpaired) electrons. The molecular weight excluding hydrogens is 286 g/mol. The van der Waals surface area contributed by atoms with Crippen LogP contribution in [0.5, 0.6) is 0 Å². The summed E-state index contributed by atoms with van der Waals surface area (Å²) in [6.07, 6.45) is 2.04. The van der Waals surface area contributed by atoms with E-state index in [1.54, 1.807) is 12.1 Å². The molecule has 0 aliphatic heterocycles. The van der Waals surface area contributed by atoms with Gasteiger partial charge in [-0.3, -0.25) is 4.79 Å². The molecule has 2 aromatic carbocycles. The number of hydrogen-bond donors (Lipinski definition) is 3. The van der Waals surface area contributed by atoms with Crippen molar-refractivity contribution in [3.8, 4) is 0 Å². The Bertz CT molecular complexity index is 640. The number of nitrogens with two attached hydrogens (primary N) is 1.